The first-order valence-electron chi connectivity index (χ1n) is 6.24. The summed E-state index contributed by atoms with van der Waals surface area (Å²) in [5.41, 5.74) is 0. The Labute approximate surface area is 112 Å². The molecule has 1 aliphatic rings. The Morgan fingerprint density at radius 1 is 1.11 bits per heavy atom. The minimum Gasteiger partial charge on any atom is -0.392 e. The van der Waals surface area contributed by atoms with Gasteiger partial charge in [0.2, 0.25) is 10.0 Å². The van der Waals surface area contributed by atoms with Crippen LogP contribution in [0.3, 0.4) is 0 Å². The third kappa shape index (κ3) is 2.25. The fraction of sp³-hybridized carbons (Fsp3) is 0.286. The largest absolute Gasteiger partial charge is 0.392 e. The molecular formula is C14H15NO3S. The predicted octanol–water partition coefficient (Wildman–Crippen LogP) is 1.60. The van der Waals surface area contributed by atoms with Crippen LogP contribution in [0.25, 0.3) is 10.8 Å². The van der Waals surface area contributed by atoms with Crippen LogP contribution in [0.5, 0.6) is 0 Å². The molecule has 100 valence electrons. The predicted molar refractivity (Wildman–Crippen MR) is 73.3 cm³/mol. The van der Waals surface area contributed by atoms with E-state index in [1.54, 1.807) is 12.1 Å². The lowest BCUT2D eigenvalue weighted by atomic mass is 10.1. The Morgan fingerprint density at radius 3 is 2.53 bits per heavy atom. The van der Waals surface area contributed by atoms with Gasteiger partial charge in [-0.25, -0.2) is 8.42 Å². The van der Waals surface area contributed by atoms with E-state index in [-0.39, 0.29) is 6.54 Å². The van der Waals surface area contributed by atoms with Gasteiger partial charge in [0, 0.05) is 13.1 Å². The van der Waals surface area contributed by atoms with Crippen molar-refractivity contribution in [1.82, 2.24) is 4.31 Å². The molecule has 1 saturated heterocycles. The van der Waals surface area contributed by atoms with Crippen molar-refractivity contribution in [3.8, 4) is 0 Å². The summed E-state index contributed by atoms with van der Waals surface area (Å²) in [5, 5.41) is 11.4. The van der Waals surface area contributed by atoms with Crippen molar-refractivity contribution in [2.45, 2.75) is 17.4 Å². The molecule has 19 heavy (non-hydrogen) atoms. The average molecular weight is 277 g/mol. The third-order valence-corrected chi connectivity index (χ3v) is 5.35. The Kier molecular flexibility index (Phi) is 3.05. The summed E-state index contributed by atoms with van der Waals surface area (Å²) in [6.07, 6.45) is -0.0393. The van der Waals surface area contributed by atoms with Crippen LogP contribution in [0.1, 0.15) is 6.42 Å². The summed E-state index contributed by atoms with van der Waals surface area (Å²) < 4.78 is 26.2. The summed E-state index contributed by atoms with van der Waals surface area (Å²) in [7, 11) is -3.49. The summed E-state index contributed by atoms with van der Waals surface area (Å²) in [5.74, 6) is 0. The van der Waals surface area contributed by atoms with Crippen LogP contribution in [0.15, 0.2) is 47.4 Å². The molecule has 2 aromatic carbocycles. The fourth-order valence-electron chi connectivity index (χ4n) is 2.41. The van der Waals surface area contributed by atoms with Crippen LogP contribution >= 0.6 is 0 Å². The van der Waals surface area contributed by atoms with Gasteiger partial charge in [0.1, 0.15) is 0 Å². The number of sulfonamides is 1. The molecule has 0 radical (unpaired) electrons. The summed E-state index contributed by atoms with van der Waals surface area (Å²) in [4.78, 5) is 0.292. The van der Waals surface area contributed by atoms with E-state index in [2.05, 4.69) is 0 Å². The van der Waals surface area contributed by atoms with Crippen LogP contribution in [0.4, 0.5) is 0 Å². The number of aliphatic hydroxyl groups is 1. The molecule has 1 unspecified atom stereocenters. The highest BCUT2D eigenvalue weighted by Gasteiger charge is 2.31. The molecule has 1 aliphatic heterocycles. The van der Waals surface area contributed by atoms with Crippen LogP contribution < -0.4 is 0 Å². The van der Waals surface area contributed by atoms with Gasteiger partial charge in [-0.3, -0.25) is 0 Å². The van der Waals surface area contributed by atoms with E-state index in [1.165, 1.54) is 4.31 Å². The van der Waals surface area contributed by atoms with Crippen molar-refractivity contribution in [3.05, 3.63) is 42.5 Å². The van der Waals surface area contributed by atoms with Gasteiger partial charge in [0.15, 0.2) is 0 Å². The van der Waals surface area contributed by atoms with Crippen LogP contribution in [0.2, 0.25) is 0 Å². The van der Waals surface area contributed by atoms with E-state index < -0.39 is 16.1 Å². The molecule has 0 amide bonds. The van der Waals surface area contributed by atoms with Gasteiger partial charge < -0.3 is 5.11 Å². The molecule has 0 spiro atoms. The first-order valence-corrected chi connectivity index (χ1v) is 7.68. The van der Waals surface area contributed by atoms with Gasteiger partial charge in [-0.2, -0.15) is 4.31 Å². The van der Waals surface area contributed by atoms with Crippen molar-refractivity contribution >= 4 is 20.8 Å². The molecule has 3 rings (SSSR count). The van der Waals surface area contributed by atoms with Crippen LogP contribution in [0, 0.1) is 0 Å². The second kappa shape index (κ2) is 4.59. The van der Waals surface area contributed by atoms with Crippen LogP contribution in [-0.2, 0) is 10.0 Å². The van der Waals surface area contributed by atoms with Gasteiger partial charge >= 0.3 is 0 Å². The Balaban J connectivity index is 2.03. The lowest BCUT2D eigenvalue weighted by Crippen LogP contribution is -2.29. The third-order valence-electron chi connectivity index (χ3n) is 3.48. The van der Waals surface area contributed by atoms with Crippen molar-refractivity contribution in [3.63, 3.8) is 0 Å². The standard InChI is InChI=1S/C14H15NO3S/c16-13-7-8-15(10-13)19(17,18)14-6-5-11-3-1-2-4-12(11)9-14/h1-6,9,13,16H,7-8,10H2. The molecule has 5 heteroatoms. The highest BCUT2D eigenvalue weighted by atomic mass is 32.2. The molecule has 0 aliphatic carbocycles. The second-order valence-corrected chi connectivity index (χ2v) is 6.75. The van der Waals surface area contributed by atoms with E-state index >= 15 is 0 Å². The smallest absolute Gasteiger partial charge is 0.243 e. The SMILES string of the molecule is O=S(=O)(c1ccc2ccccc2c1)N1CCC(O)C1. The van der Waals surface area contributed by atoms with E-state index in [9.17, 15) is 13.5 Å². The number of hydrogen-bond donors (Lipinski definition) is 1. The molecule has 1 fully saturated rings. The molecule has 1 heterocycles. The first kappa shape index (κ1) is 12.6. The molecule has 2 aromatic rings. The number of aliphatic hydroxyl groups excluding tert-OH is 1. The maximum absolute atomic E-state index is 12.4. The first-order chi connectivity index (χ1) is 9.07. The minimum atomic E-state index is -3.49. The molecule has 0 aromatic heterocycles. The summed E-state index contributed by atoms with van der Waals surface area (Å²) in [6, 6.07) is 12.8. The van der Waals surface area contributed by atoms with E-state index in [0.717, 1.165) is 10.8 Å². The zero-order valence-electron chi connectivity index (χ0n) is 10.4. The maximum Gasteiger partial charge on any atom is 0.243 e. The molecule has 0 bridgehead atoms. The number of benzene rings is 2. The molecule has 0 saturated carbocycles. The van der Waals surface area contributed by atoms with Crippen molar-refractivity contribution in [2.75, 3.05) is 13.1 Å². The molecular weight excluding hydrogens is 262 g/mol. The second-order valence-electron chi connectivity index (χ2n) is 4.81. The van der Waals surface area contributed by atoms with Gasteiger partial charge in [-0.15, -0.1) is 0 Å². The zero-order chi connectivity index (χ0) is 13.5. The van der Waals surface area contributed by atoms with Gasteiger partial charge in [0.25, 0.3) is 0 Å². The fourth-order valence-corrected chi connectivity index (χ4v) is 3.93. The summed E-state index contributed by atoms with van der Waals surface area (Å²) >= 11 is 0. The lowest BCUT2D eigenvalue weighted by Gasteiger charge is -2.16. The Bertz CT molecular complexity index is 711. The quantitative estimate of drug-likeness (QED) is 0.907. The number of rotatable bonds is 2. The molecule has 1 N–H and O–H groups in total. The highest BCUT2D eigenvalue weighted by Crippen LogP contribution is 2.24. The number of nitrogens with zero attached hydrogens (tertiary/aromatic N) is 1. The van der Waals surface area contributed by atoms with E-state index in [0.29, 0.717) is 17.9 Å². The van der Waals surface area contributed by atoms with Crippen LogP contribution in [-0.4, -0.2) is 37.0 Å². The zero-order valence-corrected chi connectivity index (χ0v) is 11.2. The van der Waals surface area contributed by atoms with E-state index in [1.807, 2.05) is 30.3 Å². The van der Waals surface area contributed by atoms with Gasteiger partial charge in [0.05, 0.1) is 11.0 Å². The highest BCUT2D eigenvalue weighted by molar-refractivity contribution is 7.89. The number of hydrogen-bond acceptors (Lipinski definition) is 3. The van der Waals surface area contributed by atoms with Gasteiger partial charge in [-0.05, 0) is 29.3 Å². The Morgan fingerprint density at radius 2 is 1.84 bits per heavy atom. The topological polar surface area (TPSA) is 57.6 Å². The van der Waals surface area contributed by atoms with E-state index in [4.69, 9.17) is 0 Å². The maximum atomic E-state index is 12.4. The monoisotopic (exact) mass is 277 g/mol. The van der Waals surface area contributed by atoms with Crippen molar-refractivity contribution in [2.24, 2.45) is 0 Å². The minimum absolute atomic E-state index is 0.190. The Hall–Kier alpha value is -1.43. The number of fused-ring (bicyclic) bond motifs is 1. The molecule has 4 nitrogen and oxygen atoms in total. The van der Waals surface area contributed by atoms with Crippen molar-refractivity contribution < 1.29 is 13.5 Å². The average Bonchev–Trinajstić information content (AvgIpc) is 2.85. The summed E-state index contributed by atoms with van der Waals surface area (Å²) in [6.45, 7) is 0.575. The van der Waals surface area contributed by atoms with Gasteiger partial charge in [-0.1, -0.05) is 30.3 Å². The van der Waals surface area contributed by atoms with Crippen molar-refractivity contribution in [1.29, 1.82) is 0 Å². The normalized spacial score (nSPS) is 21.0. The molecule has 1 atom stereocenters. The number of β-amino-alcohol motifs (C(OH)–C–C–N with tert-alkyl or cyclic N) is 1. The lowest BCUT2D eigenvalue weighted by molar-refractivity contribution is 0.189.